The van der Waals surface area contributed by atoms with Crippen molar-refractivity contribution in [2.75, 3.05) is 37.4 Å². The van der Waals surface area contributed by atoms with Gasteiger partial charge in [-0.15, -0.1) is 0 Å². The number of fused-ring (bicyclic) bond motifs is 1. The molecule has 1 heterocycles. The largest absolute Gasteiger partial charge is 0.362 e. The van der Waals surface area contributed by atoms with Crippen LogP contribution in [0.4, 0.5) is 11.8 Å². The van der Waals surface area contributed by atoms with Crippen LogP contribution < -0.4 is 15.5 Å². The monoisotopic (exact) mass is 451 g/mol. The average Bonchev–Trinajstić information content (AvgIpc) is 2.80. The molecule has 0 amide bonds. The Morgan fingerprint density at radius 1 is 0.969 bits per heavy atom. The molecule has 5 nitrogen and oxygen atoms in total. The van der Waals surface area contributed by atoms with E-state index in [1.807, 2.05) is 38.4 Å². The zero-order valence-corrected chi connectivity index (χ0v) is 19.9. The SMILES string of the molecule is CN(C)c1nc(N[C@H]2CC[C@@H](CNCCCc3ccc(Cl)cc3)CC2)nc2ccccc12. The number of aryl methyl sites for hydroxylation is 1. The number of benzene rings is 2. The van der Waals surface area contributed by atoms with Crippen LogP contribution in [0.2, 0.25) is 5.02 Å². The zero-order valence-electron chi connectivity index (χ0n) is 19.1. The van der Waals surface area contributed by atoms with Gasteiger partial charge < -0.3 is 15.5 Å². The summed E-state index contributed by atoms with van der Waals surface area (Å²) in [6.07, 6.45) is 7.09. The van der Waals surface area contributed by atoms with Crippen molar-refractivity contribution >= 4 is 34.3 Å². The Balaban J connectivity index is 1.20. The lowest BCUT2D eigenvalue weighted by molar-refractivity contribution is 0.324. The molecule has 4 rings (SSSR count). The van der Waals surface area contributed by atoms with Crippen molar-refractivity contribution in [1.82, 2.24) is 15.3 Å². The van der Waals surface area contributed by atoms with E-state index >= 15 is 0 Å². The molecular formula is C26H34ClN5. The third-order valence-electron chi connectivity index (χ3n) is 6.35. The molecule has 0 unspecified atom stereocenters. The van der Waals surface area contributed by atoms with E-state index in [2.05, 4.69) is 39.8 Å². The molecule has 0 radical (unpaired) electrons. The maximum absolute atomic E-state index is 5.95. The first kappa shape index (κ1) is 22.8. The third kappa shape index (κ3) is 6.11. The van der Waals surface area contributed by atoms with Crippen molar-refractivity contribution in [3.05, 3.63) is 59.1 Å². The van der Waals surface area contributed by atoms with Crippen LogP contribution in [0.5, 0.6) is 0 Å². The minimum Gasteiger partial charge on any atom is -0.362 e. The lowest BCUT2D eigenvalue weighted by atomic mass is 9.86. The molecule has 0 spiro atoms. The summed E-state index contributed by atoms with van der Waals surface area (Å²) in [7, 11) is 4.07. The first-order valence-corrected chi connectivity index (χ1v) is 12.1. The Bertz CT molecular complexity index is 997. The molecular weight excluding hydrogens is 418 g/mol. The maximum atomic E-state index is 5.95. The summed E-state index contributed by atoms with van der Waals surface area (Å²) in [6, 6.07) is 16.9. The summed E-state index contributed by atoms with van der Waals surface area (Å²) in [4.78, 5) is 11.6. The molecule has 1 aliphatic carbocycles. The number of nitrogens with one attached hydrogen (secondary N) is 2. The van der Waals surface area contributed by atoms with Crippen molar-refractivity contribution < 1.29 is 0 Å². The van der Waals surface area contributed by atoms with Gasteiger partial charge in [0.1, 0.15) is 5.82 Å². The quantitative estimate of drug-likeness (QED) is 0.418. The summed E-state index contributed by atoms with van der Waals surface area (Å²) >= 11 is 5.95. The topological polar surface area (TPSA) is 53.1 Å². The average molecular weight is 452 g/mol. The highest BCUT2D eigenvalue weighted by molar-refractivity contribution is 6.30. The predicted molar refractivity (Wildman–Crippen MR) is 136 cm³/mol. The van der Waals surface area contributed by atoms with E-state index in [1.54, 1.807) is 0 Å². The summed E-state index contributed by atoms with van der Waals surface area (Å²) in [5.41, 5.74) is 2.35. The maximum Gasteiger partial charge on any atom is 0.225 e. The standard InChI is InChI=1S/C26H34ClN5/c1-32(2)25-23-7-3-4-8-24(23)30-26(31-25)29-22-15-11-20(12-16-22)18-28-17-5-6-19-9-13-21(27)14-10-19/h3-4,7-10,13-14,20,22,28H,5-6,11-12,15-18H2,1-2H3,(H,29,30,31)/t20-,22+. The van der Waals surface area contributed by atoms with Crippen molar-refractivity contribution in [2.24, 2.45) is 5.92 Å². The van der Waals surface area contributed by atoms with Crippen LogP contribution in [0.25, 0.3) is 10.9 Å². The van der Waals surface area contributed by atoms with Crippen LogP contribution in [-0.2, 0) is 6.42 Å². The summed E-state index contributed by atoms with van der Waals surface area (Å²) in [5.74, 6) is 2.48. The van der Waals surface area contributed by atoms with Crippen LogP contribution in [0.1, 0.15) is 37.7 Å². The Morgan fingerprint density at radius 2 is 1.72 bits per heavy atom. The third-order valence-corrected chi connectivity index (χ3v) is 6.60. The van der Waals surface area contributed by atoms with Crippen LogP contribution in [-0.4, -0.2) is 43.2 Å². The predicted octanol–water partition coefficient (Wildman–Crippen LogP) is 5.54. The Morgan fingerprint density at radius 3 is 2.47 bits per heavy atom. The fraction of sp³-hybridized carbons (Fsp3) is 0.462. The van der Waals surface area contributed by atoms with Crippen molar-refractivity contribution in [3.63, 3.8) is 0 Å². The van der Waals surface area contributed by atoms with E-state index < -0.39 is 0 Å². The molecule has 6 heteroatoms. The number of para-hydroxylation sites is 1. The second-order valence-corrected chi connectivity index (χ2v) is 9.51. The molecule has 32 heavy (non-hydrogen) atoms. The molecule has 0 saturated heterocycles. The number of rotatable bonds is 9. The highest BCUT2D eigenvalue weighted by Crippen LogP contribution is 2.28. The number of anilines is 2. The van der Waals surface area contributed by atoms with Gasteiger partial charge >= 0.3 is 0 Å². The molecule has 1 saturated carbocycles. The van der Waals surface area contributed by atoms with Crippen LogP contribution in [0.3, 0.4) is 0 Å². The van der Waals surface area contributed by atoms with E-state index in [0.29, 0.717) is 6.04 Å². The normalized spacial score (nSPS) is 18.6. The highest BCUT2D eigenvalue weighted by Gasteiger charge is 2.22. The van der Waals surface area contributed by atoms with E-state index in [9.17, 15) is 0 Å². The smallest absolute Gasteiger partial charge is 0.225 e. The second-order valence-electron chi connectivity index (χ2n) is 9.08. The van der Waals surface area contributed by atoms with E-state index in [4.69, 9.17) is 21.6 Å². The zero-order chi connectivity index (χ0) is 22.3. The van der Waals surface area contributed by atoms with Gasteiger partial charge in [0.15, 0.2) is 0 Å². The summed E-state index contributed by atoms with van der Waals surface area (Å²) < 4.78 is 0. The van der Waals surface area contributed by atoms with Gasteiger partial charge in [0.25, 0.3) is 0 Å². The molecule has 1 aromatic heterocycles. The highest BCUT2D eigenvalue weighted by atomic mass is 35.5. The molecule has 3 aromatic rings. The summed E-state index contributed by atoms with van der Waals surface area (Å²) in [5, 5.41) is 9.17. The first-order chi connectivity index (χ1) is 15.6. The Hall–Kier alpha value is -2.37. The molecule has 170 valence electrons. The van der Waals surface area contributed by atoms with Gasteiger partial charge in [0.2, 0.25) is 5.95 Å². The van der Waals surface area contributed by atoms with E-state index in [-0.39, 0.29) is 0 Å². The second kappa shape index (κ2) is 11.0. The van der Waals surface area contributed by atoms with E-state index in [1.165, 1.54) is 31.2 Å². The fourth-order valence-electron chi connectivity index (χ4n) is 4.53. The molecule has 0 aliphatic heterocycles. The van der Waals surface area contributed by atoms with E-state index in [0.717, 1.165) is 59.5 Å². The molecule has 1 aliphatic rings. The fourth-order valence-corrected chi connectivity index (χ4v) is 4.66. The minimum absolute atomic E-state index is 0.451. The number of halogens is 1. The molecule has 0 atom stereocenters. The Kier molecular flexibility index (Phi) is 7.82. The van der Waals surface area contributed by atoms with Gasteiger partial charge in [0, 0.05) is 30.5 Å². The first-order valence-electron chi connectivity index (χ1n) is 11.7. The summed E-state index contributed by atoms with van der Waals surface area (Å²) in [6.45, 7) is 2.18. The molecule has 1 fully saturated rings. The lowest BCUT2D eigenvalue weighted by Gasteiger charge is -2.29. The number of aromatic nitrogens is 2. The van der Waals surface area contributed by atoms with Gasteiger partial charge in [0.05, 0.1) is 5.52 Å². The van der Waals surface area contributed by atoms with Crippen LogP contribution in [0, 0.1) is 5.92 Å². The van der Waals surface area contributed by atoms with Crippen molar-refractivity contribution in [3.8, 4) is 0 Å². The van der Waals surface area contributed by atoms with Crippen molar-refractivity contribution in [1.29, 1.82) is 0 Å². The number of hydrogen-bond acceptors (Lipinski definition) is 5. The van der Waals surface area contributed by atoms with Gasteiger partial charge in [-0.1, -0.05) is 35.9 Å². The minimum atomic E-state index is 0.451. The number of hydrogen-bond donors (Lipinski definition) is 2. The van der Waals surface area contributed by atoms with Gasteiger partial charge in [-0.3, -0.25) is 0 Å². The van der Waals surface area contributed by atoms with Gasteiger partial charge in [-0.2, -0.15) is 4.98 Å². The van der Waals surface area contributed by atoms with Crippen LogP contribution in [0.15, 0.2) is 48.5 Å². The molecule has 2 aromatic carbocycles. The van der Waals surface area contributed by atoms with Crippen molar-refractivity contribution in [2.45, 2.75) is 44.6 Å². The lowest BCUT2D eigenvalue weighted by Crippen LogP contribution is -2.32. The van der Waals surface area contributed by atoms with Gasteiger partial charge in [-0.25, -0.2) is 4.98 Å². The van der Waals surface area contributed by atoms with Gasteiger partial charge in [-0.05, 0) is 87.4 Å². The Labute approximate surface area is 196 Å². The van der Waals surface area contributed by atoms with Crippen LogP contribution >= 0.6 is 11.6 Å². The molecule has 2 N–H and O–H groups in total. The molecule has 0 bridgehead atoms. The number of nitrogens with zero attached hydrogens (tertiary/aromatic N) is 3.